The Morgan fingerprint density at radius 3 is 2.86 bits per heavy atom. The fraction of sp³-hybridized carbons (Fsp3) is 0.381. The molecule has 2 aromatic heterocycles. The Morgan fingerprint density at radius 2 is 2.03 bits per heavy atom. The number of aryl methyl sites for hydroxylation is 2. The van der Waals surface area contributed by atoms with Gasteiger partial charge in [0.2, 0.25) is 0 Å². The van der Waals surface area contributed by atoms with Crippen molar-refractivity contribution >= 4 is 40.8 Å². The number of nitrogens with one attached hydrogen (secondary N) is 2. The molecule has 0 amide bonds. The molecule has 2 N–H and O–H groups in total. The molecule has 0 atom stereocenters. The third kappa shape index (κ3) is 6.59. The van der Waals surface area contributed by atoms with E-state index in [1.165, 1.54) is 10.9 Å². The number of hydrogen-bond acceptors (Lipinski definition) is 3. The normalized spacial score (nSPS) is 11.3. The summed E-state index contributed by atoms with van der Waals surface area (Å²) in [6.45, 7) is 9.80. The van der Waals surface area contributed by atoms with Crippen LogP contribution in [0.4, 0.5) is 0 Å². The van der Waals surface area contributed by atoms with Crippen LogP contribution in [0.25, 0.3) is 10.9 Å². The molecule has 0 aliphatic carbocycles. The highest BCUT2D eigenvalue weighted by Crippen LogP contribution is 2.15. The second kappa shape index (κ2) is 12.3. The van der Waals surface area contributed by atoms with Crippen LogP contribution in [-0.2, 0) is 19.5 Å². The Labute approximate surface area is 189 Å². The molecule has 7 nitrogen and oxygen atoms in total. The molecular formula is C21H30IN7. The van der Waals surface area contributed by atoms with Crippen LogP contribution in [0, 0.1) is 0 Å². The molecule has 8 heteroatoms. The molecule has 0 saturated heterocycles. The van der Waals surface area contributed by atoms with Gasteiger partial charge in [-0.25, -0.2) is 0 Å². The third-order valence-corrected chi connectivity index (χ3v) is 4.58. The highest BCUT2D eigenvalue weighted by atomic mass is 127. The predicted octanol–water partition coefficient (Wildman–Crippen LogP) is 3.22. The molecule has 0 saturated carbocycles. The molecule has 3 aromatic rings. The standard InChI is InChI=1S/C21H29N7.HI/c1-3-11-22-21(24-13-16-28-17-25-26-20(28)4-2)23-12-7-14-27-15-10-18-8-5-6-9-19(18)27;/h3,5-6,8-10,15,17H,1,4,7,11-14,16H2,2H3,(H2,22,23,24);1H. The van der Waals surface area contributed by atoms with Gasteiger partial charge < -0.3 is 19.8 Å². The Kier molecular flexibility index (Phi) is 9.69. The van der Waals surface area contributed by atoms with E-state index in [1.807, 2.05) is 6.08 Å². The zero-order valence-electron chi connectivity index (χ0n) is 16.9. The van der Waals surface area contributed by atoms with Crippen LogP contribution < -0.4 is 10.6 Å². The minimum absolute atomic E-state index is 0. The summed E-state index contributed by atoms with van der Waals surface area (Å²) in [6.07, 6.45) is 7.61. The number of guanidine groups is 1. The van der Waals surface area contributed by atoms with Crippen molar-refractivity contribution in [3.8, 4) is 0 Å². The van der Waals surface area contributed by atoms with Crippen molar-refractivity contribution in [1.29, 1.82) is 0 Å². The van der Waals surface area contributed by atoms with Crippen molar-refractivity contribution in [2.45, 2.75) is 32.9 Å². The van der Waals surface area contributed by atoms with Gasteiger partial charge in [-0.3, -0.25) is 4.99 Å². The summed E-state index contributed by atoms with van der Waals surface area (Å²) in [7, 11) is 0. The first kappa shape index (κ1) is 22.9. The van der Waals surface area contributed by atoms with Gasteiger partial charge >= 0.3 is 0 Å². The van der Waals surface area contributed by atoms with Crippen LogP contribution >= 0.6 is 24.0 Å². The summed E-state index contributed by atoms with van der Waals surface area (Å²) in [5.74, 6) is 1.81. The van der Waals surface area contributed by atoms with E-state index in [4.69, 9.17) is 4.99 Å². The van der Waals surface area contributed by atoms with Crippen LogP contribution in [0.5, 0.6) is 0 Å². The Balaban J connectivity index is 0.00000300. The molecule has 29 heavy (non-hydrogen) atoms. The number of halogens is 1. The lowest BCUT2D eigenvalue weighted by atomic mass is 10.2. The summed E-state index contributed by atoms with van der Waals surface area (Å²) in [4.78, 5) is 4.69. The second-order valence-corrected chi connectivity index (χ2v) is 6.54. The monoisotopic (exact) mass is 507 g/mol. The van der Waals surface area contributed by atoms with E-state index in [2.05, 4.69) is 80.0 Å². The molecule has 3 rings (SSSR count). The maximum atomic E-state index is 4.69. The van der Waals surface area contributed by atoms with Crippen molar-refractivity contribution in [3.05, 3.63) is 61.3 Å². The summed E-state index contributed by atoms with van der Waals surface area (Å²) < 4.78 is 4.35. The highest BCUT2D eigenvalue weighted by Gasteiger charge is 2.03. The molecular weight excluding hydrogens is 477 g/mol. The van der Waals surface area contributed by atoms with E-state index in [9.17, 15) is 0 Å². The molecule has 2 heterocycles. The number of para-hydroxylation sites is 1. The van der Waals surface area contributed by atoms with Gasteiger partial charge in [-0.15, -0.1) is 40.8 Å². The predicted molar refractivity (Wildman–Crippen MR) is 130 cm³/mol. The van der Waals surface area contributed by atoms with E-state index in [0.29, 0.717) is 6.54 Å². The van der Waals surface area contributed by atoms with E-state index >= 15 is 0 Å². The van der Waals surface area contributed by atoms with Crippen LogP contribution in [0.2, 0.25) is 0 Å². The first-order valence-electron chi connectivity index (χ1n) is 9.85. The SMILES string of the molecule is C=CCNC(=NCCCn1ccc2ccccc21)NCCn1cnnc1CC.I. The molecule has 1 aromatic carbocycles. The number of fused-ring (bicyclic) bond motifs is 1. The summed E-state index contributed by atoms with van der Waals surface area (Å²) >= 11 is 0. The van der Waals surface area contributed by atoms with Gasteiger partial charge in [0, 0.05) is 50.9 Å². The first-order valence-corrected chi connectivity index (χ1v) is 9.85. The summed E-state index contributed by atoms with van der Waals surface area (Å²) in [5, 5.41) is 16.0. The van der Waals surface area contributed by atoms with Gasteiger partial charge in [-0.05, 0) is 23.9 Å². The molecule has 0 unspecified atom stereocenters. The van der Waals surface area contributed by atoms with Crippen LogP contribution in [-0.4, -0.2) is 44.9 Å². The maximum Gasteiger partial charge on any atom is 0.191 e. The molecule has 156 valence electrons. The van der Waals surface area contributed by atoms with E-state index in [-0.39, 0.29) is 24.0 Å². The average molecular weight is 507 g/mol. The van der Waals surface area contributed by atoms with Crippen molar-refractivity contribution in [2.24, 2.45) is 4.99 Å². The number of hydrogen-bond donors (Lipinski definition) is 2. The van der Waals surface area contributed by atoms with Gasteiger partial charge in [0.15, 0.2) is 5.96 Å². The Hall–Kier alpha value is -2.36. The zero-order valence-corrected chi connectivity index (χ0v) is 19.3. The number of rotatable bonds is 10. The minimum atomic E-state index is 0. The fourth-order valence-corrected chi connectivity index (χ4v) is 3.14. The highest BCUT2D eigenvalue weighted by molar-refractivity contribution is 14.0. The quantitative estimate of drug-likeness (QED) is 0.145. The molecule has 0 fully saturated rings. The lowest BCUT2D eigenvalue weighted by molar-refractivity contribution is 0.630. The van der Waals surface area contributed by atoms with Crippen LogP contribution in [0.3, 0.4) is 0 Å². The Morgan fingerprint density at radius 1 is 1.17 bits per heavy atom. The number of aromatic nitrogens is 4. The van der Waals surface area contributed by atoms with Crippen molar-refractivity contribution < 1.29 is 0 Å². The van der Waals surface area contributed by atoms with Crippen LogP contribution in [0.1, 0.15) is 19.2 Å². The molecule has 0 aliphatic heterocycles. The number of nitrogens with zero attached hydrogens (tertiary/aromatic N) is 5. The van der Waals surface area contributed by atoms with E-state index in [1.54, 1.807) is 6.33 Å². The number of benzene rings is 1. The second-order valence-electron chi connectivity index (χ2n) is 6.54. The lowest BCUT2D eigenvalue weighted by Gasteiger charge is -2.12. The zero-order chi connectivity index (χ0) is 19.6. The van der Waals surface area contributed by atoms with Crippen molar-refractivity contribution in [2.75, 3.05) is 19.6 Å². The molecule has 0 aliphatic rings. The lowest BCUT2D eigenvalue weighted by Crippen LogP contribution is -2.39. The minimum Gasteiger partial charge on any atom is -0.355 e. The summed E-state index contributed by atoms with van der Waals surface area (Å²) in [5.41, 5.74) is 1.27. The first-order chi connectivity index (χ1) is 13.8. The van der Waals surface area contributed by atoms with Gasteiger partial charge in [0.05, 0.1) is 0 Å². The number of aliphatic imine (C=N–C) groups is 1. The smallest absolute Gasteiger partial charge is 0.191 e. The summed E-state index contributed by atoms with van der Waals surface area (Å²) in [6, 6.07) is 10.6. The Bertz CT molecular complexity index is 913. The molecule has 0 radical (unpaired) electrons. The average Bonchev–Trinajstić information content (AvgIpc) is 3.35. The van der Waals surface area contributed by atoms with Crippen molar-refractivity contribution in [1.82, 2.24) is 30.0 Å². The van der Waals surface area contributed by atoms with E-state index < -0.39 is 0 Å². The van der Waals surface area contributed by atoms with Gasteiger partial charge in [-0.1, -0.05) is 31.2 Å². The van der Waals surface area contributed by atoms with Crippen LogP contribution in [0.15, 0.2) is 60.5 Å². The fourth-order valence-electron chi connectivity index (χ4n) is 3.14. The molecule has 0 bridgehead atoms. The molecule has 0 spiro atoms. The topological polar surface area (TPSA) is 72.1 Å². The largest absolute Gasteiger partial charge is 0.355 e. The van der Waals surface area contributed by atoms with Gasteiger partial charge in [0.25, 0.3) is 0 Å². The van der Waals surface area contributed by atoms with Gasteiger partial charge in [-0.2, -0.15) is 0 Å². The van der Waals surface area contributed by atoms with Crippen molar-refractivity contribution in [3.63, 3.8) is 0 Å². The van der Waals surface area contributed by atoms with E-state index in [0.717, 1.165) is 50.8 Å². The maximum absolute atomic E-state index is 4.69. The third-order valence-electron chi connectivity index (χ3n) is 4.58. The van der Waals surface area contributed by atoms with Gasteiger partial charge in [0.1, 0.15) is 12.2 Å².